The van der Waals surface area contributed by atoms with E-state index < -0.39 is 11.0 Å². The van der Waals surface area contributed by atoms with E-state index in [0.29, 0.717) is 5.69 Å². The third-order valence-electron chi connectivity index (χ3n) is 2.35. The minimum Gasteiger partial charge on any atom is -0.324 e. The van der Waals surface area contributed by atoms with Crippen LogP contribution < -0.4 is 11.1 Å². The molecule has 18 heavy (non-hydrogen) atoms. The predicted molar refractivity (Wildman–Crippen MR) is 71.8 cm³/mol. The summed E-state index contributed by atoms with van der Waals surface area (Å²) < 4.78 is 0. The molecule has 0 aliphatic heterocycles. The first-order chi connectivity index (χ1) is 7.91. The third kappa shape index (κ3) is 4.31. The van der Waals surface area contributed by atoms with E-state index in [0.717, 1.165) is 0 Å². The molecule has 0 saturated heterocycles. The van der Waals surface area contributed by atoms with Gasteiger partial charge in [-0.2, -0.15) is 0 Å². The molecule has 1 atom stereocenters. The maximum Gasteiger partial charge on any atom is 0.271 e. The Morgan fingerprint density at radius 1 is 1.44 bits per heavy atom. The van der Waals surface area contributed by atoms with Crippen molar-refractivity contribution in [2.75, 3.05) is 5.32 Å². The number of hydrogen-bond donors (Lipinski definition) is 2. The number of carbonyl (C=O) groups is 1. The molecule has 0 fully saturated rings. The smallest absolute Gasteiger partial charge is 0.271 e. The predicted octanol–water partition coefficient (Wildman–Crippen LogP) is 1.94. The normalized spacial score (nSPS) is 11.6. The monoisotopic (exact) mass is 273 g/mol. The van der Waals surface area contributed by atoms with Gasteiger partial charge in [0.2, 0.25) is 5.91 Å². The Balaban J connectivity index is 0.00000289. The van der Waals surface area contributed by atoms with Gasteiger partial charge in [-0.1, -0.05) is 19.9 Å². The van der Waals surface area contributed by atoms with Crippen molar-refractivity contribution in [1.82, 2.24) is 0 Å². The molecular weight excluding hydrogens is 258 g/mol. The van der Waals surface area contributed by atoms with Crippen LogP contribution in [-0.4, -0.2) is 16.9 Å². The summed E-state index contributed by atoms with van der Waals surface area (Å²) in [6.07, 6.45) is 0. The zero-order valence-corrected chi connectivity index (χ0v) is 10.9. The van der Waals surface area contributed by atoms with Crippen molar-refractivity contribution < 1.29 is 9.72 Å². The Morgan fingerprint density at radius 2 is 2.06 bits per heavy atom. The second-order valence-electron chi connectivity index (χ2n) is 4.07. The van der Waals surface area contributed by atoms with Crippen molar-refractivity contribution in [2.24, 2.45) is 11.7 Å². The number of halogens is 1. The summed E-state index contributed by atoms with van der Waals surface area (Å²) in [6, 6.07) is 5.12. The molecule has 1 rings (SSSR count). The van der Waals surface area contributed by atoms with Gasteiger partial charge < -0.3 is 11.1 Å². The van der Waals surface area contributed by atoms with Crippen LogP contribution in [0.1, 0.15) is 13.8 Å². The minimum absolute atomic E-state index is 0. The van der Waals surface area contributed by atoms with Gasteiger partial charge in [0.25, 0.3) is 5.69 Å². The summed E-state index contributed by atoms with van der Waals surface area (Å²) in [4.78, 5) is 21.7. The van der Waals surface area contributed by atoms with Crippen LogP contribution in [0.4, 0.5) is 11.4 Å². The second kappa shape index (κ2) is 6.93. The van der Waals surface area contributed by atoms with Crippen molar-refractivity contribution in [2.45, 2.75) is 19.9 Å². The molecule has 1 aromatic rings. The van der Waals surface area contributed by atoms with Gasteiger partial charge in [-0.05, 0) is 12.0 Å². The molecule has 1 aromatic carbocycles. The van der Waals surface area contributed by atoms with Crippen molar-refractivity contribution in [3.8, 4) is 0 Å². The minimum atomic E-state index is -0.630. The number of nitrogens with two attached hydrogens (primary N) is 1. The van der Waals surface area contributed by atoms with Crippen LogP contribution in [0.15, 0.2) is 24.3 Å². The largest absolute Gasteiger partial charge is 0.324 e. The van der Waals surface area contributed by atoms with Crippen molar-refractivity contribution >= 4 is 29.7 Å². The van der Waals surface area contributed by atoms with Crippen LogP contribution in [0.5, 0.6) is 0 Å². The highest BCUT2D eigenvalue weighted by molar-refractivity contribution is 5.95. The molecule has 0 aliphatic rings. The molecule has 0 bridgehead atoms. The standard InChI is InChI=1S/C11H15N3O3.ClH/c1-7(2)10(12)11(15)13-8-4-3-5-9(6-8)14(16)17;/h3-7,10H,12H2,1-2H3,(H,13,15);1H. The lowest BCUT2D eigenvalue weighted by Crippen LogP contribution is -2.39. The zero-order chi connectivity index (χ0) is 13.0. The van der Waals surface area contributed by atoms with Gasteiger partial charge in [-0.15, -0.1) is 12.4 Å². The quantitative estimate of drug-likeness (QED) is 0.647. The summed E-state index contributed by atoms with van der Waals surface area (Å²) in [5, 5.41) is 13.1. The van der Waals surface area contributed by atoms with Crippen molar-refractivity contribution in [3.05, 3.63) is 34.4 Å². The lowest BCUT2D eigenvalue weighted by Gasteiger charge is -2.15. The Hall–Kier alpha value is -1.66. The molecule has 6 nitrogen and oxygen atoms in total. The zero-order valence-electron chi connectivity index (χ0n) is 10.1. The van der Waals surface area contributed by atoms with Crippen molar-refractivity contribution in [1.29, 1.82) is 0 Å². The van der Waals surface area contributed by atoms with E-state index in [4.69, 9.17) is 5.73 Å². The number of hydrogen-bond acceptors (Lipinski definition) is 4. The van der Waals surface area contributed by atoms with E-state index in [2.05, 4.69) is 5.32 Å². The molecule has 100 valence electrons. The number of nitrogens with zero attached hydrogens (tertiary/aromatic N) is 1. The number of rotatable bonds is 4. The highest BCUT2D eigenvalue weighted by Crippen LogP contribution is 2.17. The van der Waals surface area contributed by atoms with E-state index in [1.165, 1.54) is 18.2 Å². The van der Waals surface area contributed by atoms with Crippen LogP contribution in [0.3, 0.4) is 0 Å². The van der Waals surface area contributed by atoms with E-state index in [1.54, 1.807) is 6.07 Å². The number of carbonyl (C=O) groups excluding carboxylic acids is 1. The molecule has 1 unspecified atom stereocenters. The molecule has 0 spiro atoms. The number of anilines is 1. The van der Waals surface area contributed by atoms with E-state index in [9.17, 15) is 14.9 Å². The first kappa shape index (κ1) is 16.3. The van der Waals surface area contributed by atoms with Crippen LogP contribution in [0, 0.1) is 16.0 Å². The van der Waals surface area contributed by atoms with Gasteiger partial charge in [0.05, 0.1) is 11.0 Å². The van der Waals surface area contributed by atoms with Gasteiger partial charge in [-0.3, -0.25) is 14.9 Å². The Labute approximate surface area is 111 Å². The molecule has 0 heterocycles. The van der Waals surface area contributed by atoms with E-state index in [-0.39, 0.29) is 29.9 Å². The molecule has 0 aromatic heterocycles. The number of non-ortho nitro benzene ring substituents is 1. The fraction of sp³-hybridized carbons (Fsp3) is 0.364. The molecule has 0 saturated carbocycles. The summed E-state index contributed by atoms with van der Waals surface area (Å²) >= 11 is 0. The number of amides is 1. The van der Waals surface area contributed by atoms with Crippen LogP contribution >= 0.6 is 12.4 Å². The fourth-order valence-corrected chi connectivity index (χ4v) is 1.23. The number of nitrogens with one attached hydrogen (secondary N) is 1. The van der Waals surface area contributed by atoms with Gasteiger partial charge in [0, 0.05) is 17.8 Å². The number of nitro benzene ring substituents is 1. The topological polar surface area (TPSA) is 98.3 Å². The highest BCUT2D eigenvalue weighted by atomic mass is 35.5. The molecule has 0 radical (unpaired) electrons. The SMILES string of the molecule is CC(C)C(N)C(=O)Nc1cccc([N+](=O)[O-])c1.Cl. The highest BCUT2D eigenvalue weighted by Gasteiger charge is 2.17. The molecular formula is C11H16ClN3O3. The average molecular weight is 274 g/mol. The molecule has 3 N–H and O–H groups in total. The first-order valence-corrected chi connectivity index (χ1v) is 5.22. The van der Waals surface area contributed by atoms with Crippen molar-refractivity contribution in [3.63, 3.8) is 0 Å². The van der Waals surface area contributed by atoms with Crippen LogP contribution in [-0.2, 0) is 4.79 Å². The maximum absolute atomic E-state index is 11.6. The molecule has 0 aliphatic carbocycles. The Morgan fingerprint density at radius 3 is 2.56 bits per heavy atom. The van der Waals surface area contributed by atoms with Gasteiger partial charge in [0.15, 0.2) is 0 Å². The maximum atomic E-state index is 11.6. The third-order valence-corrected chi connectivity index (χ3v) is 2.35. The van der Waals surface area contributed by atoms with Gasteiger partial charge in [-0.25, -0.2) is 0 Å². The van der Waals surface area contributed by atoms with Crippen LogP contribution in [0.25, 0.3) is 0 Å². The second-order valence-corrected chi connectivity index (χ2v) is 4.07. The fourth-order valence-electron chi connectivity index (χ4n) is 1.23. The molecule has 1 amide bonds. The number of benzene rings is 1. The summed E-state index contributed by atoms with van der Waals surface area (Å²) in [5.74, 6) is -0.339. The van der Waals surface area contributed by atoms with Gasteiger partial charge >= 0.3 is 0 Å². The summed E-state index contributed by atoms with van der Waals surface area (Å²) in [6.45, 7) is 3.66. The number of nitro groups is 1. The summed E-state index contributed by atoms with van der Waals surface area (Å²) in [7, 11) is 0. The average Bonchev–Trinajstić information content (AvgIpc) is 2.28. The summed E-state index contributed by atoms with van der Waals surface area (Å²) in [5.41, 5.74) is 5.97. The van der Waals surface area contributed by atoms with E-state index >= 15 is 0 Å². The lowest BCUT2D eigenvalue weighted by atomic mass is 10.0. The first-order valence-electron chi connectivity index (χ1n) is 5.22. The Kier molecular flexibility index (Phi) is 6.29. The Bertz CT molecular complexity index is 437. The molecule has 7 heteroatoms. The van der Waals surface area contributed by atoms with Crippen LogP contribution in [0.2, 0.25) is 0 Å². The lowest BCUT2D eigenvalue weighted by molar-refractivity contribution is -0.384. The van der Waals surface area contributed by atoms with E-state index in [1.807, 2.05) is 13.8 Å². The van der Waals surface area contributed by atoms with Gasteiger partial charge in [0.1, 0.15) is 0 Å².